The summed E-state index contributed by atoms with van der Waals surface area (Å²) in [6.45, 7) is 6.35. The zero-order valence-electron chi connectivity index (χ0n) is 22.0. The maximum atomic E-state index is 15.3. The number of carbonyl (C=O) groups excluding carboxylic acids is 1. The molecule has 206 valence electrons. The van der Waals surface area contributed by atoms with Crippen molar-refractivity contribution in [1.82, 2.24) is 24.8 Å². The van der Waals surface area contributed by atoms with Gasteiger partial charge in [-0.1, -0.05) is 24.9 Å². The largest absolute Gasteiger partial charge is 0.472 e. The Hall–Kier alpha value is -2.66. The minimum Gasteiger partial charge on any atom is -0.472 e. The van der Waals surface area contributed by atoms with Gasteiger partial charge in [-0.05, 0) is 52.6 Å². The predicted molar refractivity (Wildman–Crippen MR) is 140 cm³/mol. The molecule has 0 unspecified atom stereocenters. The summed E-state index contributed by atoms with van der Waals surface area (Å²) in [6, 6.07) is -0.0822. The Morgan fingerprint density at radius 2 is 2.08 bits per heavy atom. The van der Waals surface area contributed by atoms with Crippen LogP contribution in [0.25, 0.3) is 10.9 Å². The summed E-state index contributed by atoms with van der Waals surface area (Å²) < 4.78 is 33.3. The second-order valence-electron chi connectivity index (χ2n) is 10.8. The van der Waals surface area contributed by atoms with Crippen LogP contribution in [0.15, 0.2) is 0 Å². The lowest BCUT2D eigenvalue weighted by atomic mass is 9.98. The van der Waals surface area contributed by atoms with E-state index in [1.54, 1.807) is 0 Å². The molecular weight excluding hydrogens is 515 g/mol. The first-order chi connectivity index (χ1) is 18.4. The molecule has 0 N–H and O–H groups in total. The fourth-order valence-corrected chi connectivity index (χ4v) is 6.65. The summed E-state index contributed by atoms with van der Waals surface area (Å²) in [7, 11) is 2.07. The summed E-state index contributed by atoms with van der Waals surface area (Å²) >= 11 is 6.19. The van der Waals surface area contributed by atoms with Gasteiger partial charge in [0.2, 0.25) is 5.88 Å². The second-order valence-corrected chi connectivity index (χ2v) is 11.2. The highest BCUT2D eigenvalue weighted by molar-refractivity contribution is 6.30. The fourth-order valence-electron chi connectivity index (χ4n) is 6.48. The smallest absolute Gasteiger partial charge is 0.410 e. The number of fused-ring (bicyclic) bond motifs is 5. The first-order valence-electron chi connectivity index (χ1n) is 13.7. The van der Waals surface area contributed by atoms with E-state index in [9.17, 15) is 4.79 Å². The fraction of sp³-hybridized carbons (Fsp3) is 0.692. The second kappa shape index (κ2) is 10.1. The Labute approximate surface area is 226 Å². The zero-order valence-corrected chi connectivity index (χ0v) is 22.8. The summed E-state index contributed by atoms with van der Waals surface area (Å²) in [5, 5.41) is 0.0679. The first-order valence-corrected chi connectivity index (χ1v) is 14.0. The van der Waals surface area contributed by atoms with Crippen LogP contribution in [-0.2, 0) is 4.74 Å². The molecule has 0 spiro atoms. The van der Waals surface area contributed by atoms with E-state index >= 15 is 4.39 Å². The third-order valence-corrected chi connectivity index (χ3v) is 8.69. The van der Waals surface area contributed by atoms with Gasteiger partial charge in [-0.15, -0.1) is 0 Å². The number of amides is 1. The van der Waals surface area contributed by atoms with Gasteiger partial charge < -0.3 is 24.0 Å². The molecule has 10 nitrogen and oxygen atoms in total. The van der Waals surface area contributed by atoms with Crippen LogP contribution in [0.2, 0.25) is 5.15 Å². The maximum absolute atomic E-state index is 15.3. The minimum atomic E-state index is -0.729. The van der Waals surface area contributed by atoms with E-state index in [0.29, 0.717) is 31.0 Å². The molecule has 3 saturated heterocycles. The van der Waals surface area contributed by atoms with Gasteiger partial charge >= 0.3 is 12.1 Å². The van der Waals surface area contributed by atoms with E-state index in [4.69, 9.17) is 30.8 Å². The molecule has 12 heteroatoms. The van der Waals surface area contributed by atoms with Crippen LogP contribution in [0.4, 0.5) is 15.0 Å². The lowest BCUT2D eigenvalue weighted by molar-refractivity contribution is 0.0494. The molecule has 0 aromatic carbocycles. The van der Waals surface area contributed by atoms with Gasteiger partial charge in [0.25, 0.3) is 0 Å². The van der Waals surface area contributed by atoms with Crippen LogP contribution in [0.5, 0.6) is 11.9 Å². The third-order valence-electron chi connectivity index (χ3n) is 8.44. The molecule has 1 amide bonds. The van der Waals surface area contributed by atoms with E-state index < -0.39 is 5.82 Å². The molecular formula is C26H34ClFN6O4. The molecule has 2 aromatic heterocycles. The molecule has 0 saturated carbocycles. The first kappa shape index (κ1) is 25.6. The molecule has 6 rings (SSSR count). The lowest BCUT2D eigenvalue weighted by Gasteiger charge is -2.47. The summed E-state index contributed by atoms with van der Waals surface area (Å²) in [4.78, 5) is 32.8. The molecule has 2 aromatic rings. The highest BCUT2D eigenvalue weighted by Gasteiger charge is 2.53. The molecule has 4 aliphatic rings. The van der Waals surface area contributed by atoms with E-state index in [-0.39, 0.29) is 58.9 Å². The Kier molecular flexibility index (Phi) is 6.84. The Morgan fingerprint density at radius 1 is 1.24 bits per heavy atom. The number of piperazine rings is 1. The molecule has 38 heavy (non-hydrogen) atoms. The van der Waals surface area contributed by atoms with Crippen molar-refractivity contribution < 1.29 is 23.4 Å². The van der Waals surface area contributed by atoms with Crippen molar-refractivity contribution in [3.05, 3.63) is 11.0 Å². The van der Waals surface area contributed by atoms with Crippen LogP contribution >= 0.6 is 11.6 Å². The highest BCUT2D eigenvalue weighted by atomic mass is 35.5. The van der Waals surface area contributed by atoms with Gasteiger partial charge in [-0.2, -0.15) is 15.0 Å². The van der Waals surface area contributed by atoms with Gasteiger partial charge in [0, 0.05) is 12.6 Å². The molecule has 3 fully saturated rings. The monoisotopic (exact) mass is 548 g/mol. The van der Waals surface area contributed by atoms with Crippen molar-refractivity contribution in [3.8, 4) is 11.9 Å². The van der Waals surface area contributed by atoms with E-state index in [1.165, 1.54) is 0 Å². The number of hydrogen-bond donors (Lipinski definition) is 0. The number of likely N-dealkylation sites (tertiary alicyclic amines) is 1. The van der Waals surface area contributed by atoms with E-state index in [2.05, 4.69) is 33.7 Å². The van der Waals surface area contributed by atoms with Gasteiger partial charge in [0.05, 0.1) is 24.7 Å². The van der Waals surface area contributed by atoms with Crippen molar-refractivity contribution in [2.45, 2.75) is 82.6 Å². The van der Waals surface area contributed by atoms with Gasteiger partial charge in [-0.3, -0.25) is 4.90 Å². The van der Waals surface area contributed by atoms with Crippen LogP contribution in [0, 0.1) is 5.82 Å². The quantitative estimate of drug-likeness (QED) is 0.392. The number of hydrogen-bond acceptors (Lipinski definition) is 9. The number of aromatic nitrogens is 3. The Morgan fingerprint density at radius 3 is 2.84 bits per heavy atom. The van der Waals surface area contributed by atoms with Crippen molar-refractivity contribution in [3.63, 3.8) is 0 Å². The minimum absolute atomic E-state index is 0.0291. The topological polar surface area (TPSA) is 93.1 Å². The molecule has 0 radical (unpaired) electrons. The van der Waals surface area contributed by atoms with Gasteiger partial charge in [0.1, 0.15) is 29.4 Å². The van der Waals surface area contributed by atoms with Crippen molar-refractivity contribution in [2.24, 2.45) is 0 Å². The standard InChI is InChI=1S/C26H34ClFN6O4/c1-4-5-11-36-26(35)34-15-8-9-17(34)21-14(2)38-24-18-20(19(28)22(27)30-24)29-25(31-23(18)33(21)12-15)37-13-16-7-6-10-32(16)3/h14-17,21H,4-13H2,1-3H3/t14-,15+,16-,17-,21+/m0/s1. The number of ether oxygens (including phenoxy) is 3. The van der Waals surface area contributed by atoms with Crippen LogP contribution in [0.1, 0.15) is 52.4 Å². The number of carbonyl (C=O) groups is 1. The van der Waals surface area contributed by atoms with Gasteiger partial charge in [0.15, 0.2) is 11.0 Å². The number of unbranched alkanes of at least 4 members (excludes halogenated alkanes) is 1. The number of nitrogens with zero attached hydrogens (tertiary/aromatic N) is 6. The predicted octanol–water partition coefficient (Wildman–Crippen LogP) is 4.03. The maximum Gasteiger partial charge on any atom is 0.410 e. The Bertz CT molecular complexity index is 1240. The van der Waals surface area contributed by atoms with Crippen molar-refractivity contribution in [2.75, 3.05) is 38.3 Å². The van der Waals surface area contributed by atoms with E-state index in [0.717, 1.165) is 45.1 Å². The van der Waals surface area contributed by atoms with Crippen LogP contribution in [0.3, 0.4) is 0 Å². The summed E-state index contributed by atoms with van der Waals surface area (Å²) in [6.07, 6.45) is 4.91. The highest BCUT2D eigenvalue weighted by Crippen LogP contribution is 2.45. The summed E-state index contributed by atoms with van der Waals surface area (Å²) in [5.74, 6) is -0.0286. The third kappa shape index (κ3) is 4.27. The normalized spacial score (nSPS) is 28.3. The van der Waals surface area contributed by atoms with Crippen molar-refractivity contribution >= 4 is 34.4 Å². The SMILES string of the molecule is CCCCOC(=O)N1[C@@H]2CC[C@H]1[C@H]1[C@H](C)Oc3nc(Cl)c(F)c4nc(OC[C@@H]5CCCN5C)nc(c34)N1C2. The lowest BCUT2D eigenvalue weighted by Crippen LogP contribution is -2.65. The molecule has 2 bridgehead atoms. The number of rotatable bonds is 6. The zero-order chi connectivity index (χ0) is 26.6. The average Bonchev–Trinajstić information content (AvgIpc) is 3.42. The average molecular weight is 549 g/mol. The van der Waals surface area contributed by atoms with Crippen LogP contribution < -0.4 is 14.4 Å². The number of pyridine rings is 1. The number of anilines is 1. The molecule has 5 atom stereocenters. The number of halogens is 2. The van der Waals surface area contributed by atoms with Crippen LogP contribution in [-0.4, -0.2) is 94.5 Å². The van der Waals surface area contributed by atoms with Crippen molar-refractivity contribution in [1.29, 1.82) is 0 Å². The molecule has 6 heterocycles. The number of likely N-dealkylation sites (N-methyl/N-ethyl adjacent to an activating group) is 1. The summed E-state index contributed by atoms with van der Waals surface area (Å²) in [5.41, 5.74) is 0.0291. The van der Waals surface area contributed by atoms with Gasteiger partial charge in [-0.25, -0.2) is 9.18 Å². The Balaban J connectivity index is 1.38. The molecule has 0 aliphatic carbocycles. The molecule has 4 aliphatic heterocycles. The van der Waals surface area contributed by atoms with E-state index in [1.807, 2.05) is 11.8 Å².